The molecule has 9 heteroatoms. The van der Waals surface area contributed by atoms with Gasteiger partial charge in [-0.25, -0.2) is 14.8 Å². The molecule has 0 saturated heterocycles. The van der Waals surface area contributed by atoms with Crippen LogP contribution >= 0.6 is 15.9 Å². The Morgan fingerprint density at radius 3 is 2.44 bits per heavy atom. The van der Waals surface area contributed by atoms with Crippen LogP contribution in [0.25, 0.3) is 11.0 Å². The van der Waals surface area contributed by atoms with E-state index >= 15 is 0 Å². The zero-order chi connectivity index (χ0) is 19.7. The lowest BCUT2D eigenvalue weighted by Gasteiger charge is -2.11. The van der Waals surface area contributed by atoms with E-state index in [4.69, 9.17) is 19.1 Å². The molecule has 0 amide bonds. The molecule has 0 aliphatic carbocycles. The summed E-state index contributed by atoms with van der Waals surface area (Å²) >= 11 is 3.31. The molecule has 0 bridgehead atoms. The van der Waals surface area contributed by atoms with Crippen molar-refractivity contribution in [3.05, 3.63) is 63.0 Å². The van der Waals surface area contributed by atoms with E-state index < -0.39 is 17.2 Å². The van der Waals surface area contributed by atoms with Crippen LogP contribution < -0.4 is 9.96 Å². The molecule has 3 rings (SSSR count). The van der Waals surface area contributed by atoms with Gasteiger partial charge in [0, 0.05) is 17.5 Å². The van der Waals surface area contributed by atoms with Crippen molar-refractivity contribution >= 4 is 44.5 Å². The Hall–Kier alpha value is -2.72. The predicted octanol–water partition coefficient (Wildman–Crippen LogP) is 2.91. The minimum atomic E-state index is -1.09. The van der Waals surface area contributed by atoms with Gasteiger partial charge in [0.2, 0.25) is 0 Å². The SMILES string of the molecule is COC(=O)c1c(C)oc2cc(Br)c(OC(=O)c3ccc([NH+]([O-])O)cc3)cc12. The Morgan fingerprint density at radius 2 is 1.85 bits per heavy atom. The third kappa shape index (κ3) is 3.71. The van der Waals surface area contributed by atoms with Gasteiger partial charge < -0.3 is 19.1 Å². The van der Waals surface area contributed by atoms with Crippen molar-refractivity contribution in [1.82, 2.24) is 0 Å². The number of methoxy groups -OCH3 is 1. The highest BCUT2D eigenvalue weighted by molar-refractivity contribution is 9.10. The minimum absolute atomic E-state index is 0.0609. The van der Waals surface area contributed by atoms with Crippen molar-refractivity contribution in [2.24, 2.45) is 0 Å². The first-order valence-electron chi connectivity index (χ1n) is 7.68. The van der Waals surface area contributed by atoms with Crippen LogP contribution in [0, 0.1) is 12.1 Å². The van der Waals surface area contributed by atoms with Crippen molar-refractivity contribution in [3.63, 3.8) is 0 Å². The zero-order valence-electron chi connectivity index (χ0n) is 14.2. The third-order valence-corrected chi connectivity index (χ3v) is 4.50. The minimum Gasteiger partial charge on any atom is -0.595 e. The molecule has 8 nitrogen and oxygen atoms in total. The number of rotatable bonds is 4. The molecule has 0 fully saturated rings. The van der Waals surface area contributed by atoms with Crippen LogP contribution in [0.2, 0.25) is 0 Å². The van der Waals surface area contributed by atoms with Crippen LogP contribution in [-0.2, 0) is 4.74 Å². The van der Waals surface area contributed by atoms with Gasteiger partial charge in [0.05, 0.1) is 17.1 Å². The maximum Gasteiger partial charge on any atom is 0.343 e. The first kappa shape index (κ1) is 19.1. The standard InChI is InChI=1S/C18H14BrNO7/c1-9-16(18(22)25-2)12-7-15(13(19)8-14(12)26-9)27-17(21)10-3-5-11(6-4-10)20(23)24/h3-8,20,23H,1-2H3. The fourth-order valence-electron chi connectivity index (χ4n) is 2.56. The Morgan fingerprint density at radius 1 is 1.19 bits per heavy atom. The zero-order valence-corrected chi connectivity index (χ0v) is 15.8. The fraction of sp³-hybridized carbons (Fsp3) is 0.111. The van der Waals surface area contributed by atoms with Crippen LogP contribution in [0.3, 0.4) is 0 Å². The highest BCUT2D eigenvalue weighted by atomic mass is 79.9. The summed E-state index contributed by atoms with van der Waals surface area (Å²) < 4.78 is 16.2. The molecule has 0 aliphatic heterocycles. The molecule has 1 aromatic heterocycles. The van der Waals surface area contributed by atoms with Gasteiger partial charge in [0.15, 0.2) is 5.69 Å². The molecule has 0 spiro atoms. The Labute approximate surface area is 161 Å². The van der Waals surface area contributed by atoms with Gasteiger partial charge in [0.25, 0.3) is 0 Å². The van der Waals surface area contributed by atoms with E-state index in [1.54, 1.807) is 13.0 Å². The van der Waals surface area contributed by atoms with Crippen molar-refractivity contribution < 1.29 is 33.9 Å². The van der Waals surface area contributed by atoms with Gasteiger partial charge >= 0.3 is 11.9 Å². The van der Waals surface area contributed by atoms with E-state index in [-0.39, 0.29) is 22.6 Å². The molecule has 1 atom stereocenters. The summed E-state index contributed by atoms with van der Waals surface area (Å²) in [7, 11) is 1.27. The molecule has 27 heavy (non-hydrogen) atoms. The largest absolute Gasteiger partial charge is 0.595 e. The first-order chi connectivity index (χ1) is 12.8. The summed E-state index contributed by atoms with van der Waals surface area (Å²) in [5.41, 5.74) is 0.933. The van der Waals surface area contributed by atoms with E-state index in [1.165, 1.54) is 37.4 Å². The van der Waals surface area contributed by atoms with E-state index in [2.05, 4.69) is 15.9 Å². The van der Waals surface area contributed by atoms with E-state index in [9.17, 15) is 14.8 Å². The first-order valence-corrected chi connectivity index (χ1v) is 8.47. The van der Waals surface area contributed by atoms with Crippen LogP contribution in [0.5, 0.6) is 5.75 Å². The van der Waals surface area contributed by atoms with Gasteiger partial charge in [-0.3, -0.25) is 0 Å². The number of fused-ring (bicyclic) bond motifs is 1. The monoisotopic (exact) mass is 435 g/mol. The van der Waals surface area contributed by atoms with Crippen molar-refractivity contribution in [3.8, 4) is 5.75 Å². The molecular formula is C18H14BrNO7. The molecule has 1 heterocycles. The molecule has 140 valence electrons. The number of halogens is 1. The van der Waals surface area contributed by atoms with Crippen LogP contribution in [0.15, 0.2) is 45.3 Å². The highest BCUT2D eigenvalue weighted by Crippen LogP contribution is 2.35. The number of benzene rings is 2. The summed E-state index contributed by atoms with van der Waals surface area (Å²) in [6.07, 6.45) is 0. The van der Waals surface area contributed by atoms with Crippen molar-refractivity contribution in [1.29, 1.82) is 0 Å². The predicted molar refractivity (Wildman–Crippen MR) is 97.2 cm³/mol. The second kappa shape index (κ2) is 7.49. The number of furan rings is 1. The fourth-order valence-corrected chi connectivity index (χ4v) is 2.97. The third-order valence-electron chi connectivity index (χ3n) is 3.88. The van der Waals surface area contributed by atoms with Crippen LogP contribution in [0.1, 0.15) is 26.5 Å². The van der Waals surface area contributed by atoms with E-state index in [0.717, 1.165) is 0 Å². The normalized spacial score (nSPS) is 12.0. The molecule has 2 N–H and O–H groups in total. The molecule has 3 aromatic rings. The van der Waals surface area contributed by atoms with Gasteiger partial charge in [-0.1, -0.05) is 0 Å². The van der Waals surface area contributed by atoms with Crippen LogP contribution in [-0.4, -0.2) is 24.3 Å². The number of hydrogen-bond donors (Lipinski definition) is 2. The number of carbonyl (C=O) groups is 2. The summed E-state index contributed by atoms with van der Waals surface area (Å²) in [6, 6.07) is 8.44. The maximum absolute atomic E-state index is 12.4. The van der Waals surface area contributed by atoms with Crippen molar-refractivity contribution in [2.75, 3.05) is 7.11 Å². The molecule has 0 aliphatic rings. The highest BCUT2D eigenvalue weighted by Gasteiger charge is 2.22. The second-order valence-electron chi connectivity index (χ2n) is 5.58. The smallest absolute Gasteiger partial charge is 0.343 e. The summed E-state index contributed by atoms with van der Waals surface area (Å²) in [4.78, 5) is 24.3. The number of quaternary nitrogens is 1. The number of esters is 2. The van der Waals surface area contributed by atoms with Gasteiger partial charge in [-0.15, -0.1) is 0 Å². The molecule has 2 aromatic carbocycles. The molecule has 0 saturated carbocycles. The quantitative estimate of drug-likeness (QED) is 0.367. The molecular weight excluding hydrogens is 422 g/mol. The number of carbonyl (C=O) groups excluding carboxylic acids is 2. The molecule has 1 unspecified atom stereocenters. The Bertz CT molecular complexity index is 1020. The lowest BCUT2D eigenvalue weighted by Crippen LogP contribution is -2.99. The van der Waals surface area contributed by atoms with Crippen molar-refractivity contribution in [2.45, 2.75) is 6.92 Å². The summed E-state index contributed by atoms with van der Waals surface area (Å²) in [5.74, 6) is -0.667. The number of ether oxygens (including phenoxy) is 2. The van der Waals surface area contributed by atoms with Crippen LogP contribution in [0.4, 0.5) is 5.69 Å². The Kier molecular flexibility index (Phi) is 5.29. The average Bonchev–Trinajstić information content (AvgIpc) is 2.96. The lowest BCUT2D eigenvalue weighted by atomic mass is 10.1. The van der Waals surface area contributed by atoms with Gasteiger partial charge in [-0.2, -0.15) is 5.23 Å². The molecule has 0 radical (unpaired) electrons. The number of nitrogens with one attached hydrogen (secondary N) is 1. The number of hydrogen-bond acceptors (Lipinski definition) is 7. The maximum atomic E-state index is 12.4. The topological polar surface area (TPSA) is 113 Å². The van der Waals surface area contributed by atoms with E-state index in [1.807, 2.05) is 0 Å². The summed E-state index contributed by atoms with van der Waals surface area (Å²) in [6.45, 7) is 1.63. The summed E-state index contributed by atoms with van der Waals surface area (Å²) in [5, 5.41) is 19.2. The van der Waals surface area contributed by atoms with Gasteiger partial charge in [-0.05, 0) is 47.1 Å². The van der Waals surface area contributed by atoms with E-state index in [0.29, 0.717) is 21.2 Å². The second-order valence-corrected chi connectivity index (χ2v) is 6.43. The number of aryl methyl sites for hydroxylation is 1. The lowest BCUT2D eigenvalue weighted by molar-refractivity contribution is -0.991. The van der Waals surface area contributed by atoms with Gasteiger partial charge in [0.1, 0.15) is 22.7 Å². The average molecular weight is 436 g/mol. The Balaban J connectivity index is 1.95.